The summed E-state index contributed by atoms with van der Waals surface area (Å²) in [6.07, 6.45) is 0.0767. The van der Waals surface area contributed by atoms with Crippen LogP contribution in [0.2, 0.25) is 16.6 Å². The lowest BCUT2D eigenvalue weighted by Crippen LogP contribution is -2.59. The minimum atomic E-state index is -3.88. The average molecular weight is 853 g/mol. The summed E-state index contributed by atoms with van der Waals surface area (Å²) in [6, 6.07) is 22.0. The summed E-state index contributed by atoms with van der Waals surface area (Å²) in [5.41, 5.74) is 6.11. The highest BCUT2D eigenvalue weighted by Crippen LogP contribution is 2.47. The van der Waals surface area contributed by atoms with E-state index >= 15 is 0 Å². The van der Waals surface area contributed by atoms with Crippen LogP contribution in [0.3, 0.4) is 0 Å². The summed E-state index contributed by atoms with van der Waals surface area (Å²) in [6.45, 7) is 24.6. The largest absolute Gasteiger partial charge is 0.490 e. The molecule has 0 aromatic heterocycles. The lowest BCUT2D eigenvalue weighted by Gasteiger charge is -2.50. The standard InChI is InChI=1S/C47H72N2O8SSi/c1-33(2)59(34(3)4,35(5)6)57-46-29-49(58(50,51)42-20-13-36(7)14-21-42)28-45(47(46)41-18-15-39(16-19-41)31-54-30-37(8)38(9)53-11)56-32-40-17-22-44-43(27-40)48(24-26-55-44)23-12-25-52-10/h13-22,27,33-35,37-38,45-47H,12,23-26,28-32H2,1-11H3/t37-,38+,45?,46?,47?/m1/s1. The summed E-state index contributed by atoms with van der Waals surface area (Å²) >= 11 is 0. The van der Waals surface area contributed by atoms with Crippen LogP contribution in [-0.2, 0) is 46.6 Å². The molecule has 12 heteroatoms. The summed E-state index contributed by atoms with van der Waals surface area (Å²) in [5.74, 6) is 0.901. The number of aryl methyl sites for hydroxylation is 1. The first-order chi connectivity index (χ1) is 28.1. The normalized spacial score (nSPS) is 20.2. The molecular formula is C47H72N2O8SSi. The minimum Gasteiger partial charge on any atom is -0.490 e. The van der Waals surface area contributed by atoms with E-state index in [-0.39, 0.29) is 35.9 Å². The first kappa shape index (κ1) is 47.2. The smallest absolute Gasteiger partial charge is 0.243 e. The summed E-state index contributed by atoms with van der Waals surface area (Å²) in [4.78, 5) is 2.63. The topological polar surface area (TPSA) is 96.0 Å². The van der Waals surface area contributed by atoms with Crippen molar-refractivity contribution >= 4 is 24.0 Å². The second kappa shape index (κ2) is 21.3. The molecule has 0 amide bonds. The minimum absolute atomic E-state index is 0.111. The molecule has 3 aromatic carbocycles. The zero-order valence-electron chi connectivity index (χ0n) is 37.6. The van der Waals surface area contributed by atoms with Crippen LogP contribution in [0.5, 0.6) is 5.75 Å². The number of benzene rings is 3. The van der Waals surface area contributed by atoms with E-state index < -0.39 is 30.5 Å². The average Bonchev–Trinajstić information content (AvgIpc) is 3.21. The first-order valence-electron chi connectivity index (χ1n) is 21.7. The maximum Gasteiger partial charge on any atom is 0.243 e. The Labute approximate surface area is 357 Å². The molecule has 2 aliphatic rings. The Balaban J connectivity index is 1.54. The Kier molecular flexibility index (Phi) is 17.1. The highest BCUT2D eigenvalue weighted by molar-refractivity contribution is 7.89. The lowest BCUT2D eigenvalue weighted by molar-refractivity contribution is -0.0505. The molecule has 0 aliphatic carbocycles. The second-order valence-corrected chi connectivity index (χ2v) is 25.0. The van der Waals surface area contributed by atoms with Crippen LogP contribution >= 0.6 is 0 Å². The van der Waals surface area contributed by atoms with E-state index in [0.29, 0.717) is 49.7 Å². The lowest BCUT2D eigenvalue weighted by atomic mass is 9.85. The highest BCUT2D eigenvalue weighted by Gasteiger charge is 2.51. The number of nitrogens with zero attached hydrogens (tertiary/aromatic N) is 2. The molecule has 5 rings (SSSR count). The van der Waals surface area contributed by atoms with Gasteiger partial charge in [-0.3, -0.25) is 0 Å². The van der Waals surface area contributed by atoms with E-state index in [9.17, 15) is 8.42 Å². The molecule has 2 aliphatic heterocycles. The van der Waals surface area contributed by atoms with Gasteiger partial charge >= 0.3 is 0 Å². The third-order valence-corrected chi connectivity index (χ3v) is 20.7. The van der Waals surface area contributed by atoms with Crippen LogP contribution in [0.4, 0.5) is 5.69 Å². The van der Waals surface area contributed by atoms with Gasteiger partial charge in [-0.25, -0.2) is 8.42 Å². The van der Waals surface area contributed by atoms with Crippen molar-refractivity contribution in [1.29, 1.82) is 0 Å². The number of hydrogen-bond acceptors (Lipinski definition) is 9. The van der Waals surface area contributed by atoms with E-state index in [1.807, 2.05) is 25.1 Å². The van der Waals surface area contributed by atoms with Gasteiger partial charge in [0.1, 0.15) is 12.4 Å². The monoisotopic (exact) mass is 852 g/mol. The van der Waals surface area contributed by atoms with Crippen molar-refractivity contribution in [2.24, 2.45) is 5.92 Å². The third-order valence-electron chi connectivity index (χ3n) is 12.7. The van der Waals surface area contributed by atoms with Crippen molar-refractivity contribution in [3.63, 3.8) is 0 Å². The Morgan fingerprint density at radius 3 is 2.08 bits per heavy atom. The van der Waals surface area contributed by atoms with Crippen LogP contribution in [-0.4, -0.2) is 99.6 Å². The van der Waals surface area contributed by atoms with Crippen molar-refractivity contribution in [2.75, 3.05) is 65.1 Å². The molecular weight excluding hydrogens is 781 g/mol. The summed E-state index contributed by atoms with van der Waals surface area (Å²) in [7, 11) is -2.93. The fourth-order valence-electron chi connectivity index (χ4n) is 9.17. The summed E-state index contributed by atoms with van der Waals surface area (Å²) in [5, 5.41) is 0. The van der Waals surface area contributed by atoms with Crippen LogP contribution in [0.1, 0.15) is 90.0 Å². The Morgan fingerprint density at radius 1 is 0.814 bits per heavy atom. The van der Waals surface area contributed by atoms with Crippen molar-refractivity contribution in [3.8, 4) is 5.75 Å². The molecule has 3 unspecified atom stereocenters. The van der Waals surface area contributed by atoms with Crippen molar-refractivity contribution < 1.29 is 36.5 Å². The predicted molar refractivity (Wildman–Crippen MR) is 240 cm³/mol. The van der Waals surface area contributed by atoms with Crippen LogP contribution < -0.4 is 9.64 Å². The number of fused-ring (bicyclic) bond motifs is 1. The Bertz CT molecular complexity index is 1830. The molecule has 0 radical (unpaired) electrons. The van der Waals surface area contributed by atoms with Crippen LogP contribution in [0.25, 0.3) is 0 Å². The maximum absolute atomic E-state index is 14.6. The molecule has 3 aromatic rings. The van der Waals surface area contributed by atoms with Gasteiger partial charge in [-0.05, 0) is 77.8 Å². The molecule has 10 nitrogen and oxygen atoms in total. The zero-order valence-corrected chi connectivity index (χ0v) is 39.4. The quantitative estimate of drug-likeness (QED) is 0.0768. The van der Waals surface area contributed by atoms with Crippen molar-refractivity contribution in [1.82, 2.24) is 4.31 Å². The number of ether oxygens (including phenoxy) is 5. The Morgan fingerprint density at radius 2 is 1.46 bits per heavy atom. The number of piperidine rings is 1. The van der Waals surface area contributed by atoms with Gasteiger partial charge in [0, 0.05) is 52.3 Å². The molecule has 328 valence electrons. The molecule has 0 spiro atoms. The van der Waals surface area contributed by atoms with Gasteiger partial charge in [-0.1, -0.05) is 96.5 Å². The molecule has 59 heavy (non-hydrogen) atoms. The first-order valence-corrected chi connectivity index (χ1v) is 25.3. The number of methoxy groups -OCH3 is 2. The van der Waals surface area contributed by atoms with Crippen LogP contribution in [0, 0.1) is 12.8 Å². The maximum atomic E-state index is 14.6. The zero-order chi connectivity index (χ0) is 42.9. The fraction of sp³-hybridized carbons (Fsp3) is 0.617. The molecule has 1 saturated heterocycles. The van der Waals surface area contributed by atoms with Gasteiger partial charge in [0.25, 0.3) is 0 Å². The molecule has 2 heterocycles. The van der Waals surface area contributed by atoms with Crippen molar-refractivity contribution in [2.45, 2.75) is 128 Å². The fourth-order valence-corrected chi connectivity index (χ4v) is 16.2. The van der Waals surface area contributed by atoms with E-state index in [2.05, 4.69) is 96.7 Å². The number of hydrogen-bond donors (Lipinski definition) is 0. The third kappa shape index (κ3) is 11.4. The molecule has 0 saturated carbocycles. The summed E-state index contributed by atoms with van der Waals surface area (Å²) < 4.78 is 68.5. The van der Waals surface area contributed by atoms with E-state index in [1.54, 1.807) is 30.7 Å². The highest BCUT2D eigenvalue weighted by atomic mass is 32.2. The van der Waals surface area contributed by atoms with Gasteiger partial charge in [0.2, 0.25) is 18.3 Å². The Hall–Kier alpha value is -2.81. The molecule has 1 fully saturated rings. The van der Waals surface area contributed by atoms with Gasteiger partial charge < -0.3 is 33.0 Å². The van der Waals surface area contributed by atoms with Crippen LogP contribution in [0.15, 0.2) is 71.6 Å². The van der Waals surface area contributed by atoms with Gasteiger partial charge in [-0.15, -0.1) is 0 Å². The van der Waals surface area contributed by atoms with Gasteiger partial charge in [-0.2, -0.15) is 4.31 Å². The van der Waals surface area contributed by atoms with E-state index in [4.69, 9.17) is 28.1 Å². The molecule has 0 N–H and O–H groups in total. The van der Waals surface area contributed by atoms with E-state index in [1.165, 1.54) is 0 Å². The SMILES string of the molecule is COCCCN1CCOc2ccc(COC3CN(S(=O)(=O)c4ccc(C)cc4)CC(O[Si](C(C)C)(C(C)C)C(C)C)C3c3ccc(COC[C@@H](C)[C@H](C)OC)cc3)cc21. The number of sulfonamides is 1. The molecule has 5 atom stereocenters. The predicted octanol–water partition coefficient (Wildman–Crippen LogP) is 9.35. The van der Waals surface area contributed by atoms with Gasteiger partial charge in [0.15, 0.2) is 0 Å². The second-order valence-electron chi connectivity index (χ2n) is 17.6. The van der Waals surface area contributed by atoms with Gasteiger partial charge in [0.05, 0.1) is 55.3 Å². The number of rotatable bonds is 21. The van der Waals surface area contributed by atoms with Crippen molar-refractivity contribution in [3.05, 3.63) is 89.0 Å². The number of anilines is 1. The van der Waals surface area contributed by atoms with E-state index in [0.717, 1.165) is 53.2 Å². The molecule has 0 bridgehead atoms.